The van der Waals surface area contributed by atoms with Crippen molar-refractivity contribution < 1.29 is 8.42 Å². The van der Waals surface area contributed by atoms with E-state index in [-0.39, 0.29) is 10.9 Å². The Bertz CT molecular complexity index is 383. The van der Waals surface area contributed by atoms with Crippen LogP contribution in [0, 0.1) is 0 Å². The number of primary sulfonamides is 1. The lowest BCUT2D eigenvalue weighted by Gasteiger charge is -2.02. The molecular formula is C7H11N3O2S. The minimum atomic E-state index is -3.72. The highest BCUT2D eigenvalue weighted by Crippen LogP contribution is 2.10. The van der Waals surface area contributed by atoms with Crippen molar-refractivity contribution in [2.24, 2.45) is 5.14 Å². The van der Waals surface area contributed by atoms with E-state index in [1.165, 1.54) is 6.07 Å². The van der Waals surface area contributed by atoms with Crippen LogP contribution < -0.4 is 5.14 Å². The number of nitrogens with two attached hydrogens (primary N) is 1. The fourth-order valence-electron chi connectivity index (χ4n) is 0.790. The molecule has 0 saturated carbocycles. The van der Waals surface area contributed by atoms with Crippen molar-refractivity contribution in [1.29, 1.82) is 0 Å². The average molecular weight is 201 g/mol. The molecule has 0 aliphatic rings. The molecule has 6 heteroatoms. The van der Waals surface area contributed by atoms with E-state index in [9.17, 15) is 8.42 Å². The van der Waals surface area contributed by atoms with Crippen LogP contribution in [0.2, 0.25) is 0 Å². The van der Waals surface area contributed by atoms with Gasteiger partial charge in [-0.05, 0) is 18.1 Å². The van der Waals surface area contributed by atoms with Crippen molar-refractivity contribution in [2.45, 2.75) is 24.8 Å². The van der Waals surface area contributed by atoms with Crippen LogP contribution in [0.15, 0.2) is 17.2 Å². The summed E-state index contributed by atoms with van der Waals surface area (Å²) in [5.41, 5.74) is 0.743. The quantitative estimate of drug-likeness (QED) is 0.743. The third-order valence-corrected chi connectivity index (χ3v) is 2.34. The summed E-state index contributed by atoms with van der Waals surface area (Å²) < 4.78 is 21.6. The number of rotatable bonds is 2. The maximum atomic E-state index is 10.8. The molecule has 1 heterocycles. The van der Waals surface area contributed by atoms with Crippen molar-refractivity contribution in [2.75, 3.05) is 0 Å². The van der Waals surface area contributed by atoms with Gasteiger partial charge in [0.2, 0.25) is 0 Å². The van der Waals surface area contributed by atoms with Gasteiger partial charge in [0, 0.05) is 0 Å². The zero-order valence-electron chi connectivity index (χ0n) is 7.43. The molecule has 1 aromatic heterocycles. The normalized spacial score (nSPS) is 12.0. The van der Waals surface area contributed by atoms with Crippen LogP contribution in [0.1, 0.15) is 25.5 Å². The molecule has 0 radical (unpaired) electrons. The van der Waals surface area contributed by atoms with E-state index in [1.54, 1.807) is 6.07 Å². The molecule has 1 aromatic rings. The Morgan fingerprint density at radius 1 is 1.31 bits per heavy atom. The van der Waals surface area contributed by atoms with Gasteiger partial charge >= 0.3 is 0 Å². The molecule has 0 atom stereocenters. The molecule has 0 bridgehead atoms. The summed E-state index contributed by atoms with van der Waals surface area (Å²) in [5, 5.41) is 11.9. The van der Waals surface area contributed by atoms with Gasteiger partial charge in [-0.3, -0.25) is 0 Å². The molecular weight excluding hydrogens is 190 g/mol. The molecule has 2 N–H and O–H groups in total. The second kappa shape index (κ2) is 3.39. The van der Waals surface area contributed by atoms with E-state index >= 15 is 0 Å². The van der Waals surface area contributed by atoms with E-state index < -0.39 is 10.0 Å². The molecule has 0 unspecified atom stereocenters. The lowest BCUT2D eigenvalue weighted by atomic mass is 10.1. The zero-order chi connectivity index (χ0) is 10.1. The predicted octanol–water partition coefficient (Wildman–Crippen LogP) is 0.247. The van der Waals surface area contributed by atoms with Gasteiger partial charge in [0.15, 0.2) is 5.03 Å². The first kappa shape index (κ1) is 10.1. The second-order valence-electron chi connectivity index (χ2n) is 3.00. The maximum absolute atomic E-state index is 10.8. The van der Waals surface area contributed by atoms with Crippen LogP contribution in [0.25, 0.3) is 0 Å². The first-order chi connectivity index (χ1) is 5.91. The average Bonchev–Trinajstić information content (AvgIpc) is 2.03. The minimum absolute atomic E-state index is 0.197. The Hall–Kier alpha value is -1.01. The molecule has 0 spiro atoms. The number of hydrogen-bond acceptors (Lipinski definition) is 4. The van der Waals surface area contributed by atoms with Crippen molar-refractivity contribution >= 4 is 10.0 Å². The molecule has 13 heavy (non-hydrogen) atoms. The smallest absolute Gasteiger partial charge is 0.223 e. The van der Waals surface area contributed by atoms with Gasteiger partial charge in [-0.2, -0.15) is 5.10 Å². The third kappa shape index (κ3) is 2.46. The van der Waals surface area contributed by atoms with Crippen LogP contribution in [-0.4, -0.2) is 18.6 Å². The Balaban J connectivity index is 3.08. The number of sulfonamides is 1. The maximum Gasteiger partial charge on any atom is 0.257 e. The Morgan fingerprint density at radius 3 is 2.23 bits per heavy atom. The highest BCUT2D eigenvalue weighted by Gasteiger charge is 2.10. The number of aromatic nitrogens is 2. The molecule has 0 aromatic carbocycles. The van der Waals surface area contributed by atoms with Crippen LogP contribution in [0.3, 0.4) is 0 Å². The van der Waals surface area contributed by atoms with Crippen molar-refractivity contribution in [3.8, 4) is 0 Å². The second-order valence-corrected chi connectivity index (χ2v) is 4.50. The zero-order valence-corrected chi connectivity index (χ0v) is 8.25. The molecule has 0 fully saturated rings. The largest absolute Gasteiger partial charge is 0.257 e. The summed E-state index contributed by atoms with van der Waals surface area (Å²) in [5.74, 6) is 0.224. The monoisotopic (exact) mass is 201 g/mol. The summed E-state index contributed by atoms with van der Waals surface area (Å²) in [4.78, 5) is 0. The summed E-state index contributed by atoms with van der Waals surface area (Å²) >= 11 is 0. The fourth-order valence-corrected chi connectivity index (χ4v) is 1.20. The van der Waals surface area contributed by atoms with Crippen molar-refractivity contribution in [3.63, 3.8) is 0 Å². The molecule has 0 saturated heterocycles. The summed E-state index contributed by atoms with van der Waals surface area (Å²) in [6, 6.07) is 2.97. The molecule has 0 aliphatic carbocycles. The minimum Gasteiger partial charge on any atom is -0.223 e. The van der Waals surface area contributed by atoms with Gasteiger partial charge in [-0.25, -0.2) is 13.6 Å². The van der Waals surface area contributed by atoms with Crippen LogP contribution in [-0.2, 0) is 10.0 Å². The predicted molar refractivity (Wildman–Crippen MR) is 47.5 cm³/mol. The first-order valence-corrected chi connectivity index (χ1v) is 5.32. The highest BCUT2D eigenvalue weighted by molar-refractivity contribution is 7.89. The van der Waals surface area contributed by atoms with Gasteiger partial charge in [0.05, 0.1) is 5.69 Å². The fraction of sp³-hybridized carbons (Fsp3) is 0.429. The molecule has 0 amide bonds. The summed E-state index contributed by atoms with van der Waals surface area (Å²) in [6.07, 6.45) is 0. The van der Waals surface area contributed by atoms with Gasteiger partial charge in [0.25, 0.3) is 10.0 Å². The van der Waals surface area contributed by atoms with E-state index in [0.29, 0.717) is 0 Å². The summed E-state index contributed by atoms with van der Waals surface area (Å²) in [6.45, 7) is 3.89. The van der Waals surface area contributed by atoms with E-state index in [1.807, 2.05) is 13.8 Å². The van der Waals surface area contributed by atoms with E-state index in [4.69, 9.17) is 5.14 Å². The molecule has 5 nitrogen and oxygen atoms in total. The Morgan fingerprint density at radius 2 is 1.92 bits per heavy atom. The first-order valence-electron chi connectivity index (χ1n) is 3.77. The lowest BCUT2D eigenvalue weighted by Crippen LogP contribution is -2.15. The number of hydrogen-bond donors (Lipinski definition) is 1. The van der Waals surface area contributed by atoms with Crippen molar-refractivity contribution in [1.82, 2.24) is 10.2 Å². The number of nitrogens with zero attached hydrogens (tertiary/aromatic N) is 2. The topological polar surface area (TPSA) is 85.9 Å². The van der Waals surface area contributed by atoms with E-state index in [0.717, 1.165) is 5.69 Å². The molecule has 72 valence electrons. The van der Waals surface area contributed by atoms with Gasteiger partial charge < -0.3 is 0 Å². The summed E-state index contributed by atoms with van der Waals surface area (Å²) in [7, 11) is -3.72. The van der Waals surface area contributed by atoms with Crippen molar-refractivity contribution in [3.05, 3.63) is 17.8 Å². The lowest BCUT2D eigenvalue weighted by molar-refractivity contribution is 0.590. The van der Waals surface area contributed by atoms with Gasteiger partial charge in [-0.1, -0.05) is 13.8 Å². The van der Waals surface area contributed by atoms with Gasteiger partial charge in [0.1, 0.15) is 0 Å². The Labute approximate surface area is 77.0 Å². The highest BCUT2D eigenvalue weighted by atomic mass is 32.2. The third-order valence-electron chi connectivity index (χ3n) is 1.54. The SMILES string of the molecule is CC(C)c1ccc(S(N)(=O)=O)nn1. The van der Waals surface area contributed by atoms with Gasteiger partial charge in [-0.15, -0.1) is 5.10 Å². The van der Waals surface area contributed by atoms with Crippen LogP contribution in [0.5, 0.6) is 0 Å². The standard InChI is InChI=1S/C7H11N3O2S/c1-5(2)6-3-4-7(10-9-6)13(8,11)12/h3-5H,1-2H3,(H2,8,11,12). The molecule has 1 rings (SSSR count). The van der Waals surface area contributed by atoms with Crippen LogP contribution in [0.4, 0.5) is 0 Å². The van der Waals surface area contributed by atoms with E-state index in [2.05, 4.69) is 10.2 Å². The van der Waals surface area contributed by atoms with Crippen LogP contribution >= 0.6 is 0 Å². The molecule has 0 aliphatic heterocycles. The Kier molecular flexibility index (Phi) is 2.63.